The molecule has 0 unspecified atom stereocenters. The Hall–Kier alpha value is -2.40. The molecule has 5 nitrogen and oxygen atoms in total. The highest BCUT2D eigenvalue weighted by atomic mass is 16.4. The van der Waals surface area contributed by atoms with Gasteiger partial charge in [-0.25, -0.2) is 9.78 Å². The molecule has 1 aromatic carbocycles. The minimum Gasteiger partial charge on any atom is -0.477 e. The van der Waals surface area contributed by atoms with Crippen molar-refractivity contribution in [3.8, 4) is 0 Å². The third kappa shape index (κ3) is 4.29. The Balaban J connectivity index is 1.99. The van der Waals surface area contributed by atoms with E-state index in [1.165, 1.54) is 6.07 Å². The monoisotopic (exact) mass is 286 g/mol. The zero-order valence-electron chi connectivity index (χ0n) is 11.8. The molecule has 1 aromatic heterocycles. The van der Waals surface area contributed by atoms with Gasteiger partial charge in [-0.05, 0) is 17.7 Å². The van der Waals surface area contributed by atoms with Crippen LogP contribution in [0.25, 0.3) is 0 Å². The molecule has 0 aliphatic rings. The van der Waals surface area contributed by atoms with E-state index >= 15 is 0 Å². The van der Waals surface area contributed by atoms with Gasteiger partial charge in [-0.3, -0.25) is 0 Å². The number of rotatable bonds is 6. The van der Waals surface area contributed by atoms with Crippen LogP contribution in [0.4, 0.5) is 5.82 Å². The number of hydrogen-bond donors (Lipinski definition) is 2. The Labute approximate surface area is 123 Å². The molecule has 0 radical (unpaired) electrons. The Kier molecular flexibility index (Phi) is 4.90. The number of benzene rings is 1. The van der Waals surface area contributed by atoms with Crippen LogP contribution in [-0.2, 0) is 6.42 Å². The fraction of sp³-hybridized carbons (Fsp3) is 0.250. The highest BCUT2D eigenvalue weighted by Crippen LogP contribution is 2.12. The quantitative estimate of drug-likeness (QED) is 0.847. The van der Waals surface area contributed by atoms with Crippen molar-refractivity contribution in [2.45, 2.75) is 12.5 Å². The predicted molar refractivity (Wildman–Crippen MR) is 80.6 cm³/mol. The van der Waals surface area contributed by atoms with Gasteiger partial charge < -0.3 is 15.1 Å². The minimum absolute atomic E-state index is 0.00287. The van der Waals surface area contributed by atoms with Gasteiger partial charge in [0.25, 0.3) is 0 Å². The van der Waals surface area contributed by atoms with Gasteiger partial charge in [-0.15, -0.1) is 0 Å². The van der Waals surface area contributed by atoms with Gasteiger partial charge in [0.2, 0.25) is 0 Å². The summed E-state index contributed by atoms with van der Waals surface area (Å²) in [6, 6.07) is 14.5. The number of nitrogens with zero attached hydrogens (tertiary/aromatic N) is 2. The first-order valence-corrected chi connectivity index (χ1v) is 6.69. The molecule has 0 saturated carbocycles. The van der Waals surface area contributed by atoms with E-state index in [0.717, 1.165) is 5.56 Å². The lowest BCUT2D eigenvalue weighted by Crippen LogP contribution is -2.31. The molecular weight excluding hydrogens is 268 g/mol. The van der Waals surface area contributed by atoms with Crippen LogP contribution in [0, 0.1) is 0 Å². The van der Waals surface area contributed by atoms with Crippen molar-refractivity contribution in [2.24, 2.45) is 0 Å². The number of aliphatic hydroxyl groups is 1. The maximum absolute atomic E-state index is 10.9. The Morgan fingerprint density at radius 2 is 1.90 bits per heavy atom. The van der Waals surface area contributed by atoms with E-state index in [2.05, 4.69) is 4.98 Å². The second kappa shape index (κ2) is 6.85. The van der Waals surface area contributed by atoms with E-state index in [0.29, 0.717) is 18.8 Å². The van der Waals surface area contributed by atoms with Gasteiger partial charge in [0.1, 0.15) is 5.82 Å². The van der Waals surface area contributed by atoms with Crippen molar-refractivity contribution in [3.05, 3.63) is 59.8 Å². The highest BCUT2D eigenvalue weighted by molar-refractivity contribution is 5.85. The zero-order chi connectivity index (χ0) is 15.2. The van der Waals surface area contributed by atoms with E-state index in [4.69, 9.17) is 5.11 Å². The number of aromatic nitrogens is 1. The van der Waals surface area contributed by atoms with Crippen LogP contribution in [0.5, 0.6) is 0 Å². The van der Waals surface area contributed by atoms with E-state index in [9.17, 15) is 9.90 Å². The fourth-order valence-electron chi connectivity index (χ4n) is 2.12. The standard InChI is InChI=1S/C16H18N2O3/c1-18(15-9-5-8-14(17-15)16(20)21)11-13(19)10-12-6-3-2-4-7-12/h2-9,13,19H,10-11H2,1H3,(H,20,21)/t13-/m0/s1. The first kappa shape index (κ1) is 15.0. The molecule has 2 rings (SSSR count). The first-order chi connectivity index (χ1) is 10.1. The summed E-state index contributed by atoms with van der Waals surface area (Å²) in [4.78, 5) is 16.7. The van der Waals surface area contributed by atoms with E-state index in [1.54, 1.807) is 24.1 Å². The van der Waals surface area contributed by atoms with Crippen LogP contribution in [0.3, 0.4) is 0 Å². The summed E-state index contributed by atoms with van der Waals surface area (Å²) in [5, 5.41) is 19.1. The molecule has 1 atom stereocenters. The molecule has 110 valence electrons. The van der Waals surface area contributed by atoms with Crippen LogP contribution in [0.15, 0.2) is 48.5 Å². The third-order valence-corrected chi connectivity index (χ3v) is 3.14. The molecular formula is C16H18N2O3. The topological polar surface area (TPSA) is 73.7 Å². The SMILES string of the molecule is CN(C[C@@H](O)Cc1ccccc1)c1cccc(C(=O)O)n1. The summed E-state index contributed by atoms with van der Waals surface area (Å²) in [5.41, 5.74) is 1.06. The number of aromatic carboxylic acids is 1. The van der Waals surface area contributed by atoms with Crippen LogP contribution >= 0.6 is 0 Å². The summed E-state index contributed by atoms with van der Waals surface area (Å²) in [5.74, 6) is -0.530. The maximum Gasteiger partial charge on any atom is 0.354 e. The van der Waals surface area contributed by atoms with Gasteiger partial charge in [0, 0.05) is 20.0 Å². The molecule has 0 fully saturated rings. The lowest BCUT2D eigenvalue weighted by Gasteiger charge is -2.22. The second-order valence-corrected chi connectivity index (χ2v) is 4.91. The molecule has 0 aliphatic heterocycles. The molecule has 21 heavy (non-hydrogen) atoms. The van der Waals surface area contributed by atoms with Crippen LogP contribution in [0.2, 0.25) is 0 Å². The molecule has 5 heteroatoms. The van der Waals surface area contributed by atoms with Crippen molar-refractivity contribution < 1.29 is 15.0 Å². The number of pyridine rings is 1. The Bertz CT molecular complexity index is 601. The average molecular weight is 286 g/mol. The number of carbonyl (C=O) groups is 1. The van der Waals surface area contributed by atoms with Crippen molar-refractivity contribution >= 4 is 11.8 Å². The largest absolute Gasteiger partial charge is 0.477 e. The molecule has 0 aliphatic carbocycles. The molecule has 1 heterocycles. The fourth-order valence-corrected chi connectivity index (χ4v) is 2.12. The smallest absolute Gasteiger partial charge is 0.354 e. The maximum atomic E-state index is 10.9. The van der Waals surface area contributed by atoms with Crippen molar-refractivity contribution in [1.82, 2.24) is 4.98 Å². The average Bonchev–Trinajstić information content (AvgIpc) is 2.48. The molecule has 0 bridgehead atoms. The van der Waals surface area contributed by atoms with Crippen molar-refractivity contribution in [1.29, 1.82) is 0 Å². The lowest BCUT2D eigenvalue weighted by atomic mass is 10.1. The second-order valence-electron chi connectivity index (χ2n) is 4.91. The van der Waals surface area contributed by atoms with E-state index in [-0.39, 0.29) is 5.69 Å². The van der Waals surface area contributed by atoms with Crippen LogP contribution in [0.1, 0.15) is 16.1 Å². The van der Waals surface area contributed by atoms with Gasteiger partial charge in [0.15, 0.2) is 5.69 Å². The summed E-state index contributed by atoms with van der Waals surface area (Å²) < 4.78 is 0. The number of carboxylic acid groups (broad SMARTS) is 1. The summed E-state index contributed by atoms with van der Waals surface area (Å²) in [6.07, 6.45) is -0.00300. The number of likely N-dealkylation sites (N-methyl/N-ethyl adjacent to an activating group) is 1. The highest BCUT2D eigenvalue weighted by Gasteiger charge is 2.12. The van der Waals surface area contributed by atoms with E-state index in [1.807, 2.05) is 30.3 Å². The van der Waals surface area contributed by atoms with Gasteiger partial charge in [-0.1, -0.05) is 36.4 Å². The Morgan fingerprint density at radius 3 is 2.57 bits per heavy atom. The summed E-state index contributed by atoms with van der Waals surface area (Å²) >= 11 is 0. The number of aliphatic hydroxyl groups excluding tert-OH is 1. The third-order valence-electron chi connectivity index (χ3n) is 3.14. The van der Waals surface area contributed by atoms with Gasteiger partial charge >= 0.3 is 5.97 Å². The zero-order valence-corrected chi connectivity index (χ0v) is 11.8. The minimum atomic E-state index is -1.06. The molecule has 0 saturated heterocycles. The lowest BCUT2D eigenvalue weighted by molar-refractivity contribution is 0.0690. The van der Waals surface area contributed by atoms with Crippen molar-refractivity contribution in [3.63, 3.8) is 0 Å². The summed E-state index contributed by atoms with van der Waals surface area (Å²) in [7, 11) is 1.78. The number of anilines is 1. The van der Waals surface area contributed by atoms with Gasteiger partial charge in [-0.2, -0.15) is 0 Å². The summed E-state index contributed by atoms with van der Waals surface area (Å²) in [6.45, 7) is 0.380. The van der Waals surface area contributed by atoms with Crippen molar-refractivity contribution in [2.75, 3.05) is 18.5 Å². The van der Waals surface area contributed by atoms with E-state index < -0.39 is 12.1 Å². The normalized spacial score (nSPS) is 11.9. The van der Waals surface area contributed by atoms with Gasteiger partial charge in [0.05, 0.1) is 6.10 Å². The molecule has 2 aromatic rings. The molecule has 0 amide bonds. The molecule has 2 N–H and O–H groups in total. The van der Waals surface area contributed by atoms with Crippen LogP contribution in [-0.4, -0.2) is 40.9 Å². The first-order valence-electron chi connectivity index (χ1n) is 6.69. The Morgan fingerprint density at radius 1 is 1.19 bits per heavy atom. The molecule has 0 spiro atoms. The predicted octanol–water partition coefficient (Wildman–Crippen LogP) is 1.82. The van der Waals surface area contributed by atoms with Crippen LogP contribution < -0.4 is 4.90 Å². The number of carboxylic acids is 1. The number of hydrogen-bond acceptors (Lipinski definition) is 4.